The molecule has 4 bridgehead atoms. The van der Waals surface area contributed by atoms with Crippen LogP contribution in [0.1, 0.15) is 42.5 Å². The highest BCUT2D eigenvalue weighted by Crippen LogP contribution is 2.53. The van der Waals surface area contributed by atoms with Crippen molar-refractivity contribution in [3.63, 3.8) is 0 Å². The lowest BCUT2D eigenvalue weighted by molar-refractivity contribution is -0.0119. The SMILES string of the molecule is O=C(NC1C2CC3CC(C2)CC1C3)c1ccc(F)cc1Cl. The summed E-state index contributed by atoms with van der Waals surface area (Å²) in [6.45, 7) is 0. The van der Waals surface area contributed by atoms with Gasteiger partial charge in [-0.25, -0.2) is 4.39 Å². The van der Waals surface area contributed by atoms with Crippen LogP contribution in [0.15, 0.2) is 18.2 Å². The maximum absolute atomic E-state index is 13.1. The van der Waals surface area contributed by atoms with E-state index in [2.05, 4.69) is 5.32 Å². The molecule has 4 saturated carbocycles. The molecule has 1 amide bonds. The number of nitrogens with one attached hydrogen (secondary N) is 1. The first-order valence-corrected chi connectivity index (χ1v) is 8.24. The first-order valence-electron chi connectivity index (χ1n) is 7.86. The van der Waals surface area contributed by atoms with Crippen LogP contribution in [0.25, 0.3) is 0 Å². The van der Waals surface area contributed by atoms with E-state index in [1.165, 1.54) is 50.3 Å². The molecule has 4 aliphatic rings. The highest BCUT2D eigenvalue weighted by atomic mass is 35.5. The van der Waals surface area contributed by atoms with Crippen molar-refractivity contribution in [2.45, 2.75) is 38.1 Å². The number of carbonyl (C=O) groups is 1. The molecule has 21 heavy (non-hydrogen) atoms. The van der Waals surface area contributed by atoms with Gasteiger partial charge in [-0.1, -0.05) is 11.6 Å². The van der Waals surface area contributed by atoms with Gasteiger partial charge < -0.3 is 5.32 Å². The molecule has 0 spiro atoms. The third-order valence-corrected chi connectivity index (χ3v) is 6.01. The van der Waals surface area contributed by atoms with Crippen LogP contribution in [-0.2, 0) is 0 Å². The van der Waals surface area contributed by atoms with Crippen molar-refractivity contribution in [2.24, 2.45) is 23.7 Å². The lowest BCUT2D eigenvalue weighted by atomic mass is 9.54. The summed E-state index contributed by atoms with van der Waals surface area (Å²) in [5.41, 5.74) is 0.381. The Morgan fingerprint density at radius 3 is 2.29 bits per heavy atom. The van der Waals surface area contributed by atoms with Crippen LogP contribution in [0.3, 0.4) is 0 Å². The predicted octanol–water partition coefficient (Wildman–Crippen LogP) is 4.03. The van der Waals surface area contributed by atoms with Gasteiger partial charge in [0.2, 0.25) is 0 Å². The number of benzene rings is 1. The number of hydrogen-bond donors (Lipinski definition) is 1. The zero-order valence-electron chi connectivity index (χ0n) is 11.8. The van der Waals surface area contributed by atoms with E-state index in [0.29, 0.717) is 17.4 Å². The fourth-order valence-electron chi connectivity index (χ4n) is 5.06. The minimum atomic E-state index is -0.411. The Morgan fingerprint density at radius 1 is 1.10 bits per heavy atom. The second-order valence-corrected chi connectivity index (χ2v) is 7.46. The summed E-state index contributed by atoms with van der Waals surface area (Å²) in [6, 6.07) is 4.25. The first kappa shape index (κ1) is 13.6. The van der Waals surface area contributed by atoms with Crippen LogP contribution in [0.5, 0.6) is 0 Å². The van der Waals surface area contributed by atoms with Crippen LogP contribution in [0.2, 0.25) is 5.02 Å². The minimum Gasteiger partial charge on any atom is -0.349 e. The molecule has 0 heterocycles. The number of hydrogen-bond acceptors (Lipinski definition) is 1. The highest BCUT2D eigenvalue weighted by Gasteiger charge is 2.48. The van der Waals surface area contributed by atoms with E-state index in [0.717, 1.165) is 11.8 Å². The first-order chi connectivity index (χ1) is 10.1. The van der Waals surface area contributed by atoms with Crippen molar-refractivity contribution in [3.05, 3.63) is 34.6 Å². The molecular formula is C17H19ClFNO. The largest absolute Gasteiger partial charge is 0.349 e. The summed E-state index contributed by atoms with van der Waals surface area (Å²) in [7, 11) is 0. The van der Waals surface area contributed by atoms with E-state index in [1.807, 2.05) is 0 Å². The van der Waals surface area contributed by atoms with Crippen LogP contribution in [0.4, 0.5) is 4.39 Å². The Morgan fingerprint density at radius 2 is 1.71 bits per heavy atom. The van der Waals surface area contributed by atoms with E-state index in [4.69, 9.17) is 11.6 Å². The Hall–Kier alpha value is -1.09. The fraction of sp³-hybridized carbons (Fsp3) is 0.588. The van der Waals surface area contributed by atoms with Crippen molar-refractivity contribution >= 4 is 17.5 Å². The topological polar surface area (TPSA) is 29.1 Å². The Balaban J connectivity index is 1.52. The monoisotopic (exact) mass is 307 g/mol. The van der Waals surface area contributed by atoms with Gasteiger partial charge in [0.1, 0.15) is 5.82 Å². The fourth-order valence-corrected chi connectivity index (χ4v) is 5.32. The van der Waals surface area contributed by atoms with E-state index in [-0.39, 0.29) is 17.0 Å². The van der Waals surface area contributed by atoms with Gasteiger partial charge in [0.25, 0.3) is 5.91 Å². The molecule has 4 aliphatic carbocycles. The highest BCUT2D eigenvalue weighted by molar-refractivity contribution is 6.33. The molecule has 0 aliphatic heterocycles. The summed E-state index contributed by atoms with van der Waals surface area (Å²) in [6.07, 6.45) is 6.44. The van der Waals surface area contributed by atoms with Crippen LogP contribution < -0.4 is 5.32 Å². The third kappa shape index (κ3) is 2.36. The van der Waals surface area contributed by atoms with E-state index < -0.39 is 5.82 Å². The quantitative estimate of drug-likeness (QED) is 0.878. The minimum absolute atomic E-state index is 0.155. The number of halogens is 2. The molecule has 112 valence electrons. The van der Waals surface area contributed by atoms with Gasteiger partial charge in [-0.2, -0.15) is 0 Å². The molecule has 0 unspecified atom stereocenters. The summed E-state index contributed by atoms with van der Waals surface area (Å²) in [5.74, 6) is 2.46. The lowest BCUT2D eigenvalue weighted by Crippen LogP contribution is -2.55. The van der Waals surface area contributed by atoms with Crippen molar-refractivity contribution in [1.29, 1.82) is 0 Å². The van der Waals surface area contributed by atoms with E-state index >= 15 is 0 Å². The summed E-state index contributed by atoms with van der Waals surface area (Å²) in [4.78, 5) is 12.5. The van der Waals surface area contributed by atoms with E-state index in [9.17, 15) is 9.18 Å². The van der Waals surface area contributed by atoms with Crippen LogP contribution >= 0.6 is 11.6 Å². The lowest BCUT2D eigenvalue weighted by Gasteiger charge is -2.54. The standard InChI is InChI=1S/C17H19ClFNO/c18-15-8-13(19)1-2-14(15)17(21)20-16-11-4-9-3-10(6-11)7-12(16)5-9/h1-2,8-12,16H,3-7H2,(H,20,21). The summed E-state index contributed by atoms with van der Waals surface area (Å²) >= 11 is 5.99. The molecule has 2 nitrogen and oxygen atoms in total. The maximum Gasteiger partial charge on any atom is 0.253 e. The number of rotatable bonds is 2. The zero-order valence-corrected chi connectivity index (χ0v) is 12.6. The Kier molecular flexibility index (Phi) is 3.21. The molecule has 0 atom stereocenters. The zero-order chi connectivity index (χ0) is 14.6. The third-order valence-electron chi connectivity index (χ3n) is 5.70. The Labute approximate surface area is 129 Å². The normalized spacial score (nSPS) is 36.8. The van der Waals surface area contributed by atoms with Crippen LogP contribution in [0, 0.1) is 29.5 Å². The predicted molar refractivity (Wildman–Crippen MR) is 79.7 cm³/mol. The van der Waals surface area contributed by atoms with Gasteiger partial charge in [-0.15, -0.1) is 0 Å². The maximum atomic E-state index is 13.1. The van der Waals surface area contributed by atoms with Gasteiger partial charge in [0, 0.05) is 6.04 Å². The summed E-state index contributed by atoms with van der Waals surface area (Å²) < 4.78 is 13.1. The Bertz CT molecular complexity index is 560. The van der Waals surface area contributed by atoms with Gasteiger partial charge >= 0.3 is 0 Å². The van der Waals surface area contributed by atoms with Crippen molar-refractivity contribution in [3.8, 4) is 0 Å². The smallest absolute Gasteiger partial charge is 0.253 e. The molecule has 1 aromatic rings. The van der Waals surface area contributed by atoms with Crippen LogP contribution in [-0.4, -0.2) is 11.9 Å². The molecule has 5 rings (SSSR count). The van der Waals surface area contributed by atoms with Gasteiger partial charge in [0.15, 0.2) is 0 Å². The van der Waals surface area contributed by atoms with E-state index in [1.54, 1.807) is 0 Å². The van der Waals surface area contributed by atoms with Crippen molar-refractivity contribution in [1.82, 2.24) is 5.32 Å². The average molecular weight is 308 g/mol. The van der Waals surface area contributed by atoms with Crippen molar-refractivity contribution in [2.75, 3.05) is 0 Å². The molecular weight excluding hydrogens is 289 g/mol. The average Bonchev–Trinajstić information content (AvgIpc) is 2.41. The number of carbonyl (C=O) groups excluding carboxylic acids is 1. The molecule has 0 radical (unpaired) electrons. The summed E-state index contributed by atoms with van der Waals surface area (Å²) in [5, 5.41) is 3.38. The van der Waals surface area contributed by atoms with Crippen molar-refractivity contribution < 1.29 is 9.18 Å². The molecule has 0 aromatic heterocycles. The molecule has 1 N–H and O–H groups in total. The number of amides is 1. The molecule has 4 fully saturated rings. The molecule has 4 heteroatoms. The van der Waals surface area contributed by atoms with Gasteiger partial charge in [-0.3, -0.25) is 4.79 Å². The molecule has 0 saturated heterocycles. The second-order valence-electron chi connectivity index (χ2n) is 7.05. The van der Waals surface area contributed by atoms with Gasteiger partial charge in [-0.05, 0) is 74.0 Å². The molecule has 1 aromatic carbocycles. The second kappa shape index (κ2) is 4.98. The van der Waals surface area contributed by atoms with Gasteiger partial charge in [0.05, 0.1) is 10.6 Å².